The van der Waals surface area contributed by atoms with E-state index >= 15 is 0 Å². The Morgan fingerprint density at radius 1 is 1.36 bits per heavy atom. The van der Waals surface area contributed by atoms with Crippen molar-refractivity contribution in [3.05, 3.63) is 29.6 Å². The molecule has 1 heterocycles. The Morgan fingerprint density at radius 3 is 2.64 bits per heavy atom. The Bertz CT molecular complexity index is 705. The molecule has 1 saturated heterocycles. The van der Waals surface area contributed by atoms with E-state index in [4.69, 9.17) is 0 Å². The third-order valence-corrected chi connectivity index (χ3v) is 4.32. The monoisotopic (exact) mass is 349 g/mol. The SMILES string of the molecule is Cc1ccc(NC(=O)CN2C(=O)N[C@](C)(CCC(C)C)C2=O)cc1F. The zero-order valence-electron chi connectivity index (χ0n) is 15.0. The predicted octanol–water partition coefficient (Wildman–Crippen LogP) is 2.82. The highest BCUT2D eigenvalue weighted by atomic mass is 19.1. The highest BCUT2D eigenvalue weighted by Gasteiger charge is 2.47. The molecular weight excluding hydrogens is 325 g/mol. The van der Waals surface area contributed by atoms with Crippen LogP contribution in [-0.2, 0) is 9.59 Å². The van der Waals surface area contributed by atoms with E-state index < -0.39 is 35.7 Å². The van der Waals surface area contributed by atoms with Crippen LogP contribution < -0.4 is 10.6 Å². The molecule has 0 aliphatic carbocycles. The second-order valence-corrected chi connectivity index (χ2v) is 7.10. The number of hydrogen-bond acceptors (Lipinski definition) is 3. The van der Waals surface area contributed by atoms with Crippen LogP contribution in [0.4, 0.5) is 14.9 Å². The number of anilines is 1. The summed E-state index contributed by atoms with van der Waals surface area (Å²) in [6.45, 7) is 6.96. The van der Waals surface area contributed by atoms with Crippen molar-refractivity contribution in [2.24, 2.45) is 5.92 Å². The third kappa shape index (κ3) is 4.35. The lowest BCUT2D eigenvalue weighted by Crippen LogP contribution is -2.44. The first kappa shape index (κ1) is 18.9. The van der Waals surface area contributed by atoms with Gasteiger partial charge >= 0.3 is 6.03 Å². The summed E-state index contributed by atoms with van der Waals surface area (Å²) in [6, 6.07) is 3.73. The second kappa shape index (κ2) is 7.21. The van der Waals surface area contributed by atoms with E-state index in [0.717, 1.165) is 11.3 Å². The minimum absolute atomic E-state index is 0.280. The van der Waals surface area contributed by atoms with E-state index in [9.17, 15) is 18.8 Å². The molecule has 1 aromatic carbocycles. The summed E-state index contributed by atoms with van der Waals surface area (Å²) >= 11 is 0. The number of benzene rings is 1. The Hall–Kier alpha value is -2.44. The van der Waals surface area contributed by atoms with Crippen LogP contribution in [0.15, 0.2) is 18.2 Å². The second-order valence-electron chi connectivity index (χ2n) is 7.10. The van der Waals surface area contributed by atoms with Crippen LogP contribution in [-0.4, -0.2) is 34.8 Å². The molecule has 2 N–H and O–H groups in total. The fourth-order valence-corrected chi connectivity index (χ4v) is 2.65. The number of halogens is 1. The van der Waals surface area contributed by atoms with Gasteiger partial charge in [0, 0.05) is 5.69 Å². The van der Waals surface area contributed by atoms with Gasteiger partial charge in [0.25, 0.3) is 5.91 Å². The number of imide groups is 1. The molecule has 1 aromatic rings. The number of rotatable bonds is 6. The smallest absolute Gasteiger partial charge is 0.324 e. The summed E-state index contributed by atoms with van der Waals surface area (Å²) in [5.74, 6) is -1.01. The average molecular weight is 349 g/mol. The number of aryl methyl sites for hydroxylation is 1. The van der Waals surface area contributed by atoms with Crippen LogP contribution in [0.1, 0.15) is 39.2 Å². The Balaban J connectivity index is 2.01. The molecule has 1 fully saturated rings. The molecule has 2 rings (SSSR count). The van der Waals surface area contributed by atoms with Crippen LogP contribution in [0.3, 0.4) is 0 Å². The van der Waals surface area contributed by atoms with Gasteiger partial charge < -0.3 is 10.6 Å². The maximum absolute atomic E-state index is 13.5. The largest absolute Gasteiger partial charge is 0.325 e. The lowest BCUT2D eigenvalue weighted by molar-refractivity contribution is -0.133. The summed E-state index contributed by atoms with van der Waals surface area (Å²) in [7, 11) is 0. The molecule has 0 saturated carbocycles. The number of nitrogens with zero attached hydrogens (tertiary/aromatic N) is 1. The van der Waals surface area contributed by atoms with Gasteiger partial charge in [0.2, 0.25) is 5.91 Å². The summed E-state index contributed by atoms with van der Waals surface area (Å²) < 4.78 is 13.5. The lowest BCUT2D eigenvalue weighted by atomic mass is 9.92. The number of urea groups is 1. The van der Waals surface area contributed by atoms with Gasteiger partial charge in [-0.3, -0.25) is 14.5 Å². The fourth-order valence-electron chi connectivity index (χ4n) is 2.65. The van der Waals surface area contributed by atoms with Gasteiger partial charge in [-0.2, -0.15) is 0 Å². The number of carbonyl (C=O) groups is 3. The molecule has 4 amide bonds. The summed E-state index contributed by atoms with van der Waals surface area (Å²) in [5.41, 5.74) is -0.242. The number of carbonyl (C=O) groups excluding carboxylic acids is 3. The molecule has 0 bridgehead atoms. The van der Waals surface area contributed by atoms with Crippen LogP contribution in [0.5, 0.6) is 0 Å². The van der Waals surface area contributed by atoms with Crippen molar-refractivity contribution in [1.29, 1.82) is 0 Å². The molecule has 1 aliphatic heterocycles. The highest BCUT2D eigenvalue weighted by molar-refractivity contribution is 6.09. The molecule has 0 radical (unpaired) electrons. The van der Waals surface area contributed by atoms with Crippen molar-refractivity contribution in [3.8, 4) is 0 Å². The van der Waals surface area contributed by atoms with Gasteiger partial charge in [-0.1, -0.05) is 19.9 Å². The average Bonchev–Trinajstić information content (AvgIpc) is 2.73. The quantitative estimate of drug-likeness (QED) is 0.775. The van der Waals surface area contributed by atoms with Gasteiger partial charge in [0.1, 0.15) is 17.9 Å². The first-order valence-corrected chi connectivity index (χ1v) is 8.32. The maximum Gasteiger partial charge on any atom is 0.325 e. The normalized spacial score (nSPS) is 20.2. The Labute approximate surface area is 146 Å². The van der Waals surface area contributed by atoms with Crippen LogP contribution in [0.25, 0.3) is 0 Å². The van der Waals surface area contributed by atoms with E-state index in [1.165, 1.54) is 6.07 Å². The first-order chi connectivity index (χ1) is 11.6. The van der Waals surface area contributed by atoms with Crippen molar-refractivity contribution >= 4 is 23.5 Å². The topological polar surface area (TPSA) is 78.5 Å². The molecule has 0 spiro atoms. The molecular formula is C18H24FN3O3. The third-order valence-electron chi connectivity index (χ3n) is 4.32. The highest BCUT2D eigenvalue weighted by Crippen LogP contribution is 2.24. The number of amides is 4. The summed E-state index contributed by atoms with van der Waals surface area (Å²) in [4.78, 5) is 37.7. The van der Waals surface area contributed by atoms with Crippen molar-refractivity contribution in [1.82, 2.24) is 10.2 Å². The lowest BCUT2D eigenvalue weighted by Gasteiger charge is -2.22. The van der Waals surface area contributed by atoms with Gasteiger partial charge in [0.15, 0.2) is 0 Å². The zero-order chi connectivity index (χ0) is 18.8. The molecule has 6 nitrogen and oxygen atoms in total. The minimum Gasteiger partial charge on any atom is -0.324 e. The van der Waals surface area contributed by atoms with E-state index in [-0.39, 0.29) is 5.69 Å². The standard InChI is InChI=1S/C18H24FN3O3/c1-11(2)7-8-18(4)16(24)22(17(25)21-18)10-15(23)20-13-6-5-12(3)14(19)9-13/h5-6,9,11H,7-8,10H2,1-4H3,(H,20,23)(H,21,25)/t18-/m1/s1. The fraction of sp³-hybridized carbons (Fsp3) is 0.500. The molecule has 1 aliphatic rings. The van der Waals surface area contributed by atoms with Crippen LogP contribution in [0.2, 0.25) is 0 Å². The van der Waals surface area contributed by atoms with Crippen LogP contribution in [0, 0.1) is 18.7 Å². The first-order valence-electron chi connectivity index (χ1n) is 8.32. The summed E-state index contributed by atoms with van der Waals surface area (Å²) in [5, 5.41) is 5.17. The van der Waals surface area contributed by atoms with E-state index in [0.29, 0.717) is 17.9 Å². The van der Waals surface area contributed by atoms with Crippen molar-refractivity contribution in [2.75, 3.05) is 11.9 Å². The molecule has 136 valence electrons. The van der Waals surface area contributed by atoms with E-state index in [1.807, 2.05) is 13.8 Å². The summed E-state index contributed by atoms with van der Waals surface area (Å²) in [6.07, 6.45) is 1.29. The predicted molar refractivity (Wildman–Crippen MR) is 92.5 cm³/mol. The Kier molecular flexibility index (Phi) is 5.45. The van der Waals surface area contributed by atoms with Crippen molar-refractivity contribution in [3.63, 3.8) is 0 Å². The molecule has 0 aromatic heterocycles. The minimum atomic E-state index is -0.988. The number of hydrogen-bond donors (Lipinski definition) is 2. The maximum atomic E-state index is 13.5. The van der Waals surface area contributed by atoms with Crippen molar-refractivity contribution in [2.45, 2.75) is 46.1 Å². The van der Waals surface area contributed by atoms with Gasteiger partial charge in [-0.25, -0.2) is 9.18 Å². The van der Waals surface area contributed by atoms with Gasteiger partial charge in [0.05, 0.1) is 0 Å². The molecule has 1 atom stereocenters. The zero-order valence-corrected chi connectivity index (χ0v) is 15.0. The molecule has 0 unspecified atom stereocenters. The van der Waals surface area contributed by atoms with Gasteiger partial charge in [-0.15, -0.1) is 0 Å². The molecule has 7 heteroatoms. The Morgan fingerprint density at radius 2 is 2.04 bits per heavy atom. The van der Waals surface area contributed by atoms with E-state index in [1.54, 1.807) is 26.0 Å². The molecule has 25 heavy (non-hydrogen) atoms. The van der Waals surface area contributed by atoms with Crippen LogP contribution >= 0.6 is 0 Å². The van der Waals surface area contributed by atoms with Gasteiger partial charge in [-0.05, 0) is 50.3 Å². The van der Waals surface area contributed by atoms with E-state index in [2.05, 4.69) is 10.6 Å². The van der Waals surface area contributed by atoms with Crippen molar-refractivity contribution < 1.29 is 18.8 Å². The number of nitrogens with one attached hydrogen (secondary N) is 2.